The minimum absolute atomic E-state index is 0.344. The molecule has 26 heavy (non-hydrogen) atoms. The maximum Gasteiger partial charge on any atom is 0.180 e. The third-order valence-corrected chi connectivity index (χ3v) is 4.45. The molecule has 7 heteroatoms. The van der Waals surface area contributed by atoms with Gasteiger partial charge in [0.2, 0.25) is 0 Å². The van der Waals surface area contributed by atoms with Gasteiger partial charge in [0.15, 0.2) is 11.5 Å². The fraction of sp³-hybridized carbons (Fsp3) is 0.211. The number of para-hydroxylation sites is 1. The van der Waals surface area contributed by atoms with Gasteiger partial charge in [-0.15, -0.1) is 0 Å². The van der Waals surface area contributed by atoms with Crippen LogP contribution in [-0.2, 0) is 6.54 Å². The molecule has 0 radical (unpaired) electrons. The average Bonchev–Trinajstić information content (AvgIpc) is 3.29. The van der Waals surface area contributed by atoms with Crippen LogP contribution in [0, 0.1) is 0 Å². The quantitative estimate of drug-likeness (QED) is 0.572. The van der Waals surface area contributed by atoms with Crippen LogP contribution in [0.2, 0.25) is 5.15 Å². The lowest BCUT2D eigenvalue weighted by Crippen LogP contribution is -2.08. The number of aromatic nitrogens is 5. The van der Waals surface area contributed by atoms with Crippen LogP contribution in [0.5, 0.6) is 0 Å². The van der Waals surface area contributed by atoms with Gasteiger partial charge in [-0.05, 0) is 23.6 Å². The summed E-state index contributed by atoms with van der Waals surface area (Å²) in [5, 5.41) is 8.13. The molecule has 3 heterocycles. The Labute approximate surface area is 156 Å². The number of halogens is 1. The molecular formula is C19H19ClN6. The van der Waals surface area contributed by atoms with Gasteiger partial charge in [0.1, 0.15) is 5.15 Å². The summed E-state index contributed by atoms with van der Waals surface area (Å²) in [7, 11) is 0. The fourth-order valence-corrected chi connectivity index (χ4v) is 3.18. The van der Waals surface area contributed by atoms with Gasteiger partial charge >= 0.3 is 0 Å². The molecule has 0 atom stereocenters. The monoisotopic (exact) mass is 366 g/mol. The summed E-state index contributed by atoms with van der Waals surface area (Å²) in [6.45, 7) is 4.85. The van der Waals surface area contributed by atoms with Crippen LogP contribution in [0.4, 0.5) is 5.82 Å². The smallest absolute Gasteiger partial charge is 0.180 e. The van der Waals surface area contributed by atoms with Crippen molar-refractivity contribution in [2.45, 2.75) is 26.3 Å². The number of nitrogens with one attached hydrogen (secondary N) is 1. The Morgan fingerprint density at radius 1 is 1.19 bits per heavy atom. The molecular weight excluding hydrogens is 348 g/mol. The summed E-state index contributed by atoms with van der Waals surface area (Å²) >= 11 is 6.24. The van der Waals surface area contributed by atoms with E-state index in [0.717, 1.165) is 22.6 Å². The zero-order chi connectivity index (χ0) is 18.1. The number of nitrogens with zero attached hydrogens (tertiary/aromatic N) is 5. The Balaban J connectivity index is 1.68. The van der Waals surface area contributed by atoms with E-state index in [4.69, 9.17) is 11.6 Å². The minimum Gasteiger partial charge on any atom is -0.363 e. The van der Waals surface area contributed by atoms with Gasteiger partial charge in [0.05, 0.1) is 5.69 Å². The summed E-state index contributed by atoms with van der Waals surface area (Å²) in [5.41, 5.74) is 4.00. The zero-order valence-electron chi connectivity index (χ0n) is 14.6. The first-order valence-electron chi connectivity index (χ1n) is 8.49. The molecule has 3 aromatic heterocycles. The lowest BCUT2D eigenvalue weighted by atomic mass is 10.1. The molecule has 0 amide bonds. The Hall–Kier alpha value is -2.86. The molecule has 4 aromatic rings. The third kappa shape index (κ3) is 3.04. The second kappa shape index (κ2) is 6.80. The molecule has 0 bridgehead atoms. The fourth-order valence-electron chi connectivity index (χ4n) is 3.00. The Bertz CT molecular complexity index is 1040. The van der Waals surface area contributed by atoms with Crippen molar-refractivity contribution in [2.75, 3.05) is 5.32 Å². The molecule has 0 aliphatic heterocycles. The van der Waals surface area contributed by atoms with Gasteiger partial charge < -0.3 is 5.32 Å². The van der Waals surface area contributed by atoms with Crippen molar-refractivity contribution in [3.05, 3.63) is 71.5 Å². The maximum absolute atomic E-state index is 6.24. The highest BCUT2D eigenvalue weighted by Gasteiger charge is 2.13. The molecule has 6 nitrogen and oxygen atoms in total. The summed E-state index contributed by atoms with van der Waals surface area (Å²) < 4.78 is 3.85. The van der Waals surface area contributed by atoms with Crippen LogP contribution in [0.3, 0.4) is 0 Å². The van der Waals surface area contributed by atoms with E-state index in [0.29, 0.717) is 23.4 Å². The predicted molar refractivity (Wildman–Crippen MR) is 103 cm³/mol. The van der Waals surface area contributed by atoms with E-state index in [1.807, 2.05) is 51.9 Å². The Morgan fingerprint density at radius 3 is 2.81 bits per heavy atom. The van der Waals surface area contributed by atoms with E-state index in [1.54, 1.807) is 6.20 Å². The standard InChI is InChI=1S/C19H19ClN6/c1-13(2)16-11-22-19-18(24-17(20)12-25(16)19)21-10-14-6-3-4-7-15(14)26-9-5-8-23-26/h3-9,11-13H,10H2,1-2H3,(H,21,24). The highest BCUT2D eigenvalue weighted by molar-refractivity contribution is 6.29. The first-order chi connectivity index (χ1) is 12.6. The number of fused-ring (bicyclic) bond motifs is 1. The van der Waals surface area contributed by atoms with E-state index in [9.17, 15) is 0 Å². The normalized spacial score (nSPS) is 11.4. The predicted octanol–water partition coefficient (Wildman–Crippen LogP) is 4.30. The number of benzene rings is 1. The number of hydrogen-bond donors (Lipinski definition) is 1. The molecule has 132 valence electrons. The van der Waals surface area contributed by atoms with Gasteiger partial charge in [-0.1, -0.05) is 43.6 Å². The number of rotatable bonds is 5. The minimum atomic E-state index is 0.344. The van der Waals surface area contributed by atoms with Crippen molar-refractivity contribution >= 4 is 23.1 Å². The highest BCUT2D eigenvalue weighted by atomic mass is 35.5. The number of anilines is 1. The van der Waals surface area contributed by atoms with Crippen LogP contribution in [0.15, 0.2) is 55.1 Å². The molecule has 4 rings (SSSR count). The summed E-state index contributed by atoms with van der Waals surface area (Å²) in [5.74, 6) is 1.01. The average molecular weight is 367 g/mol. The van der Waals surface area contributed by atoms with Gasteiger partial charge in [-0.25, -0.2) is 14.6 Å². The summed E-state index contributed by atoms with van der Waals surface area (Å²) in [6.07, 6.45) is 7.38. The van der Waals surface area contributed by atoms with E-state index >= 15 is 0 Å². The first-order valence-corrected chi connectivity index (χ1v) is 8.86. The Morgan fingerprint density at radius 2 is 2.04 bits per heavy atom. The van der Waals surface area contributed by atoms with Crippen LogP contribution in [0.25, 0.3) is 11.3 Å². The zero-order valence-corrected chi connectivity index (χ0v) is 15.4. The van der Waals surface area contributed by atoms with Crippen molar-refractivity contribution in [1.82, 2.24) is 24.1 Å². The second-order valence-electron chi connectivity index (χ2n) is 6.38. The highest BCUT2D eigenvalue weighted by Crippen LogP contribution is 2.24. The van der Waals surface area contributed by atoms with E-state index in [2.05, 4.69) is 40.3 Å². The van der Waals surface area contributed by atoms with Crippen LogP contribution < -0.4 is 5.32 Å². The van der Waals surface area contributed by atoms with Crippen LogP contribution >= 0.6 is 11.6 Å². The molecule has 1 N–H and O–H groups in total. The molecule has 0 aliphatic rings. The molecule has 0 saturated heterocycles. The van der Waals surface area contributed by atoms with E-state index < -0.39 is 0 Å². The number of imidazole rings is 1. The van der Waals surface area contributed by atoms with Crippen LogP contribution in [0.1, 0.15) is 31.0 Å². The van der Waals surface area contributed by atoms with Gasteiger partial charge in [-0.2, -0.15) is 5.10 Å². The topological polar surface area (TPSA) is 60.0 Å². The second-order valence-corrected chi connectivity index (χ2v) is 6.76. The molecule has 0 spiro atoms. The molecule has 0 aliphatic carbocycles. The molecule has 1 aromatic carbocycles. The van der Waals surface area contributed by atoms with Crippen molar-refractivity contribution in [2.24, 2.45) is 0 Å². The number of hydrogen-bond acceptors (Lipinski definition) is 4. The molecule has 0 saturated carbocycles. The maximum atomic E-state index is 6.24. The Kier molecular flexibility index (Phi) is 4.34. The van der Waals surface area contributed by atoms with E-state index in [-0.39, 0.29) is 0 Å². The molecule has 0 unspecified atom stereocenters. The molecule has 0 fully saturated rings. The lowest BCUT2D eigenvalue weighted by Gasteiger charge is -2.12. The summed E-state index contributed by atoms with van der Waals surface area (Å²) in [4.78, 5) is 8.96. The van der Waals surface area contributed by atoms with E-state index in [1.165, 1.54) is 0 Å². The van der Waals surface area contributed by atoms with Gasteiger partial charge in [-0.3, -0.25) is 4.40 Å². The van der Waals surface area contributed by atoms with Crippen molar-refractivity contribution in [3.63, 3.8) is 0 Å². The van der Waals surface area contributed by atoms with Gasteiger partial charge in [0.25, 0.3) is 0 Å². The van der Waals surface area contributed by atoms with Crippen molar-refractivity contribution < 1.29 is 0 Å². The summed E-state index contributed by atoms with van der Waals surface area (Å²) in [6, 6.07) is 10.0. The van der Waals surface area contributed by atoms with Gasteiger partial charge in [0, 0.05) is 37.0 Å². The van der Waals surface area contributed by atoms with Crippen molar-refractivity contribution in [1.29, 1.82) is 0 Å². The SMILES string of the molecule is CC(C)c1cnc2c(NCc3ccccc3-n3cccn3)nc(Cl)cn12. The lowest BCUT2D eigenvalue weighted by molar-refractivity contribution is 0.806. The largest absolute Gasteiger partial charge is 0.363 e. The van der Waals surface area contributed by atoms with Crippen molar-refractivity contribution in [3.8, 4) is 5.69 Å². The third-order valence-electron chi connectivity index (χ3n) is 4.27. The first kappa shape index (κ1) is 16.6. The van der Waals surface area contributed by atoms with Crippen LogP contribution in [-0.4, -0.2) is 24.1 Å².